The topological polar surface area (TPSA) is 72.4 Å². The average Bonchev–Trinajstić information content (AvgIpc) is 3.29. The van der Waals surface area contributed by atoms with Gasteiger partial charge >= 0.3 is 0 Å². The Hall–Kier alpha value is -3.06. The molecule has 7 nitrogen and oxygen atoms in total. The molecule has 1 aliphatic carbocycles. The SMILES string of the molecule is COc1ccc(-c2nccn2C2CC2)cc1-c1c[nH]c(C(=O)N2CCOCC2)c1. The molecule has 0 unspecified atom stereocenters. The first-order valence-corrected chi connectivity index (χ1v) is 10.0. The Balaban J connectivity index is 1.48. The third kappa shape index (κ3) is 3.42. The zero-order valence-electron chi connectivity index (χ0n) is 16.4. The molecule has 0 radical (unpaired) electrons. The maximum absolute atomic E-state index is 12.8. The van der Waals surface area contributed by atoms with Crippen molar-refractivity contribution in [3.8, 4) is 28.3 Å². The first-order valence-electron chi connectivity index (χ1n) is 10.0. The van der Waals surface area contributed by atoms with E-state index in [0.717, 1.165) is 28.3 Å². The van der Waals surface area contributed by atoms with Crippen LogP contribution in [0.4, 0.5) is 0 Å². The van der Waals surface area contributed by atoms with Crippen LogP contribution in [0.2, 0.25) is 0 Å². The standard InChI is InChI=1S/C22H24N4O3/c1-28-20-5-2-15(21-23-6-7-26(21)17-3-4-17)12-18(20)16-13-19(24-14-16)22(27)25-8-10-29-11-9-25/h2,5-7,12-14,17,24H,3-4,8-11H2,1H3. The van der Waals surface area contributed by atoms with Crippen LogP contribution in [-0.4, -0.2) is 58.8 Å². The summed E-state index contributed by atoms with van der Waals surface area (Å²) in [5.41, 5.74) is 3.48. The Morgan fingerprint density at radius 3 is 2.79 bits per heavy atom. The number of rotatable bonds is 5. The molecule has 1 aromatic carbocycles. The molecular formula is C22H24N4O3. The summed E-state index contributed by atoms with van der Waals surface area (Å²) in [4.78, 5) is 22.3. The predicted octanol–water partition coefficient (Wildman–Crippen LogP) is 3.36. The molecule has 1 N–H and O–H groups in total. The van der Waals surface area contributed by atoms with Crippen molar-refractivity contribution in [1.29, 1.82) is 0 Å². The Kier molecular flexibility index (Phi) is 4.60. The maximum Gasteiger partial charge on any atom is 0.270 e. The predicted molar refractivity (Wildman–Crippen MR) is 109 cm³/mol. The minimum atomic E-state index is -0.000974. The van der Waals surface area contributed by atoms with Crippen LogP contribution in [-0.2, 0) is 4.74 Å². The van der Waals surface area contributed by atoms with E-state index in [9.17, 15) is 4.79 Å². The summed E-state index contributed by atoms with van der Waals surface area (Å²) in [5, 5.41) is 0. The van der Waals surface area contributed by atoms with Gasteiger partial charge in [0.05, 0.1) is 20.3 Å². The molecule has 5 rings (SSSR count). The van der Waals surface area contributed by atoms with Crippen molar-refractivity contribution in [2.45, 2.75) is 18.9 Å². The van der Waals surface area contributed by atoms with Gasteiger partial charge in [-0.05, 0) is 37.1 Å². The number of carbonyl (C=O) groups excluding carboxylic acids is 1. The molecule has 29 heavy (non-hydrogen) atoms. The largest absolute Gasteiger partial charge is 0.496 e. The molecule has 2 aliphatic rings. The van der Waals surface area contributed by atoms with E-state index in [-0.39, 0.29) is 5.91 Å². The van der Waals surface area contributed by atoms with E-state index < -0.39 is 0 Å². The fraction of sp³-hybridized carbons (Fsp3) is 0.364. The minimum absolute atomic E-state index is 0.000974. The number of hydrogen-bond acceptors (Lipinski definition) is 4. The monoisotopic (exact) mass is 392 g/mol. The minimum Gasteiger partial charge on any atom is -0.496 e. The van der Waals surface area contributed by atoms with Crippen molar-refractivity contribution in [3.05, 3.63) is 48.5 Å². The van der Waals surface area contributed by atoms with Crippen LogP contribution in [0.5, 0.6) is 5.75 Å². The molecule has 3 heterocycles. The van der Waals surface area contributed by atoms with Gasteiger partial charge in [-0.25, -0.2) is 4.98 Å². The zero-order chi connectivity index (χ0) is 19.8. The number of amides is 1. The second kappa shape index (κ2) is 7.40. The fourth-order valence-corrected chi connectivity index (χ4v) is 3.87. The smallest absolute Gasteiger partial charge is 0.270 e. The second-order valence-corrected chi connectivity index (χ2v) is 7.51. The van der Waals surface area contributed by atoms with Crippen LogP contribution >= 0.6 is 0 Å². The third-order valence-corrected chi connectivity index (χ3v) is 5.59. The summed E-state index contributed by atoms with van der Waals surface area (Å²) >= 11 is 0. The Morgan fingerprint density at radius 2 is 2.03 bits per heavy atom. The molecule has 2 fully saturated rings. The lowest BCUT2D eigenvalue weighted by atomic mass is 10.0. The van der Waals surface area contributed by atoms with Crippen molar-refractivity contribution < 1.29 is 14.3 Å². The number of aromatic nitrogens is 3. The highest BCUT2D eigenvalue weighted by molar-refractivity contribution is 5.94. The Bertz CT molecular complexity index is 1030. The number of imidazole rings is 1. The van der Waals surface area contributed by atoms with E-state index >= 15 is 0 Å². The number of H-pyrrole nitrogens is 1. The van der Waals surface area contributed by atoms with Crippen molar-refractivity contribution in [2.75, 3.05) is 33.4 Å². The molecule has 0 atom stereocenters. The van der Waals surface area contributed by atoms with Crippen LogP contribution in [0.3, 0.4) is 0 Å². The summed E-state index contributed by atoms with van der Waals surface area (Å²) in [6, 6.07) is 8.55. The van der Waals surface area contributed by atoms with Gasteiger partial charge in [0, 0.05) is 54.4 Å². The molecule has 3 aromatic rings. The lowest BCUT2D eigenvalue weighted by Gasteiger charge is -2.26. The van der Waals surface area contributed by atoms with Gasteiger partial charge in [-0.3, -0.25) is 4.79 Å². The maximum atomic E-state index is 12.8. The second-order valence-electron chi connectivity index (χ2n) is 7.51. The number of benzene rings is 1. The first kappa shape index (κ1) is 18.0. The van der Waals surface area contributed by atoms with Gasteiger partial charge in [-0.15, -0.1) is 0 Å². The highest BCUT2D eigenvalue weighted by Crippen LogP contribution is 2.40. The first-order chi connectivity index (χ1) is 14.2. The average molecular weight is 392 g/mol. The number of nitrogens with one attached hydrogen (secondary N) is 1. The Labute approximate surface area is 169 Å². The number of morpholine rings is 1. The van der Waals surface area contributed by atoms with Crippen molar-refractivity contribution >= 4 is 5.91 Å². The highest BCUT2D eigenvalue weighted by Gasteiger charge is 2.26. The number of hydrogen-bond donors (Lipinski definition) is 1. The normalized spacial score (nSPS) is 16.8. The van der Waals surface area contributed by atoms with Gasteiger partial charge in [-0.2, -0.15) is 0 Å². The Morgan fingerprint density at radius 1 is 1.21 bits per heavy atom. The molecule has 1 saturated carbocycles. The fourth-order valence-electron chi connectivity index (χ4n) is 3.87. The molecule has 2 aromatic heterocycles. The highest BCUT2D eigenvalue weighted by atomic mass is 16.5. The van der Waals surface area contributed by atoms with E-state index in [1.807, 2.05) is 41.7 Å². The number of aromatic amines is 1. The molecule has 1 amide bonds. The summed E-state index contributed by atoms with van der Waals surface area (Å²) in [5.74, 6) is 1.73. The van der Waals surface area contributed by atoms with Gasteiger partial charge in [0.2, 0.25) is 0 Å². The zero-order valence-corrected chi connectivity index (χ0v) is 16.4. The molecule has 0 spiro atoms. The molecule has 150 valence electrons. The van der Waals surface area contributed by atoms with Gasteiger partial charge < -0.3 is 23.9 Å². The van der Waals surface area contributed by atoms with Crippen LogP contribution < -0.4 is 4.74 Å². The van der Waals surface area contributed by atoms with Crippen molar-refractivity contribution in [3.63, 3.8) is 0 Å². The van der Waals surface area contributed by atoms with E-state index in [0.29, 0.717) is 38.0 Å². The molecule has 1 saturated heterocycles. The molecular weight excluding hydrogens is 368 g/mol. The third-order valence-electron chi connectivity index (χ3n) is 5.59. The van der Waals surface area contributed by atoms with Crippen molar-refractivity contribution in [1.82, 2.24) is 19.4 Å². The van der Waals surface area contributed by atoms with Crippen molar-refractivity contribution in [2.24, 2.45) is 0 Å². The van der Waals surface area contributed by atoms with Gasteiger partial charge in [0.15, 0.2) is 0 Å². The lowest BCUT2D eigenvalue weighted by molar-refractivity contribution is 0.0299. The lowest BCUT2D eigenvalue weighted by Crippen LogP contribution is -2.40. The molecule has 1 aliphatic heterocycles. The van der Waals surface area contributed by atoms with Crippen LogP contribution in [0, 0.1) is 0 Å². The van der Waals surface area contributed by atoms with Crippen LogP contribution in [0.15, 0.2) is 42.9 Å². The van der Waals surface area contributed by atoms with Crippen LogP contribution in [0.25, 0.3) is 22.5 Å². The van der Waals surface area contributed by atoms with Gasteiger partial charge in [0.1, 0.15) is 17.3 Å². The summed E-state index contributed by atoms with van der Waals surface area (Å²) in [7, 11) is 1.66. The number of methoxy groups -OCH3 is 1. The quantitative estimate of drug-likeness (QED) is 0.723. The number of ether oxygens (including phenoxy) is 2. The summed E-state index contributed by atoms with van der Waals surface area (Å²) in [6.45, 7) is 2.41. The molecule has 0 bridgehead atoms. The van der Waals surface area contributed by atoms with E-state index in [1.165, 1.54) is 12.8 Å². The summed E-state index contributed by atoms with van der Waals surface area (Å²) in [6.07, 6.45) is 8.18. The van der Waals surface area contributed by atoms with E-state index in [4.69, 9.17) is 9.47 Å². The molecule has 7 heteroatoms. The number of nitrogens with zero attached hydrogens (tertiary/aromatic N) is 3. The van der Waals surface area contributed by atoms with Gasteiger partial charge in [-0.1, -0.05) is 0 Å². The van der Waals surface area contributed by atoms with Crippen LogP contribution in [0.1, 0.15) is 29.4 Å². The van der Waals surface area contributed by atoms with E-state index in [1.54, 1.807) is 7.11 Å². The summed E-state index contributed by atoms with van der Waals surface area (Å²) < 4.78 is 13.2. The number of carbonyl (C=O) groups is 1. The van der Waals surface area contributed by atoms with E-state index in [2.05, 4.69) is 20.6 Å². The van der Waals surface area contributed by atoms with Gasteiger partial charge in [0.25, 0.3) is 5.91 Å².